The third-order valence-electron chi connectivity index (χ3n) is 5.03. The van der Waals surface area contributed by atoms with Crippen LogP contribution in [0.4, 0.5) is 0 Å². The van der Waals surface area contributed by atoms with Crippen LogP contribution in [0, 0.1) is 5.92 Å². The van der Waals surface area contributed by atoms with E-state index in [-0.39, 0.29) is 5.91 Å². The van der Waals surface area contributed by atoms with Crippen LogP contribution in [0.1, 0.15) is 51.5 Å². The van der Waals surface area contributed by atoms with Gasteiger partial charge in [0.05, 0.1) is 10.6 Å². The number of nitrogens with one attached hydrogen (secondary N) is 1. The zero-order valence-corrected chi connectivity index (χ0v) is 16.1. The molecule has 0 aromatic carbocycles. The average molecular weight is 377 g/mol. The lowest BCUT2D eigenvalue weighted by Crippen LogP contribution is -2.38. The molecule has 0 unspecified atom stereocenters. The molecule has 2 saturated carbocycles. The van der Waals surface area contributed by atoms with Crippen molar-refractivity contribution in [3.8, 4) is 10.7 Å². The number of carbonyl (C=O) groups excluding carboxylic acids is 1. The van der Waals surface area contributed by atoms with E-state index in [1.807, 2.05) is 6.07 Å². The zero-order chi connectivity index (χ0) is 17.2. The Balaban J connectivity index is 1.37. The molecule has 1 N–H and O–H groups in total. The van der Waals surface area contributed by atoms with Crippen LogP contribution in [0.5, 0.6) is 0 Å². The van der Waals surface area contributed by atoms with Crippen molar-refractivity contribution in [2.24, 2.45) is 5.92 Å². The highest BCUT2D eigenvalue weighted by atomic mass is 32.2. The fourth-order valence-electron chi connectivity index (χ4n) is 3.41. The zero-order valence-electron chi connectivity index (χ0n) is 14.5. The first-order valence-electron chi connectivity index (χ1n) is 9.11. The summed E-state index contributed by atoms with van der Waals surface area (Å²) in [4.78, 5) is 13.5. The number of aromatic nitrogens is 3. The van der Waals surface area contributed by atoms with Crippen molar-refractivity contribution < 1.29 is 4.79 Å². The van der Waals surface area contributed by atoms with Crippen molar-refractivity contribution in [2.45, 2.75) is 62.7 Å². The van der Waals surface area contributed by atoms with Crippen LogP contribution in [0.15, 0.2) is 22.7 Å². The largest absolute Gasteiger partial charge is 0.353 e. The monoisotopic (exact) mass is 376 g/mol. The molecular formula is C18H24N4OS2. The van der Waals surface area contributed by atoms with E-state index < -0.39 is 0 Å². The molecule has 0 atom stereocenters. The van der Waals surface area contributed by atoms with Crippen molar-refractivity contribution in [3.63, 3.8) is 0 Å². The van der Waals surface area contributed by atoms with E-state index in [4.69, 9.17) is 0 Å². The van der Waals surface area contributed by atoms with Crippen LogP contribution >= 0.6 is 23.1 Å². The summed E-state index contributed by atoms with van der Waals surface area (Å²) < 4.78 is 2.23. The minimum atomic E-state index is 0.118. The first kappa shape index (κ1) is 17.1. The van der Waals surface area contributed by atoms with Crippen molar-refractivity contribution in [1.29, 1.82) is 0 Å². The summed E-state index contributed by atoms with van der Waals surface area (Å²) in [5.74, 6) is 2.28. The van der Waals surface area contributed by atoms with E-state index in [1.165, 1.54) is 37.4 Å². The molecule has 2 aromatic rings. The number of hydrogen-bond donors (Lipinski definition) is 1. The first-order valence-corrected chi connectivity index (χ1v) is 11.0. The predicted molar refractivity (Wildman–Crippen MR) is 102 cm³/mol. The molecule has 2 aromatic heterocycles. The van der Waals surface area contributed by atoms with E-state index in [2.05, 4.69) is 38.5 Å². The van der Waals surface area contributed by atoms with Crippen LogP contribution in [-0.2, 0) is 4.79 Å². The smallest absolute Gasteiger partial charge is 0.230 e. The standard InChI is InChI=1S/C18H24N4OS2/c1-12-4-6-13(7-5-12)19-16(23)11-25-18-21-20-17(15-3-2-10-24-15)22(18)14-8-9-14/h2-3,10,12-14H,4-9,11H2,1H3,(H,19,23). The topological polar surface area (TPSA) is 59.8 Å². The molecule has 0 aliphatic heterocycles. The molecule has 0 radical (unpaired) electrons. The fourth-order valence-corrected chi connectivity index (χ4v) is 4.94. The van der Waals surface area contributed by atoms with E-state index in [0.717, 1.165) is 34.6 Å². The van der Waals surface area contributed by atoms with Gasteiger partial charge in [0.1, 0.15) is 0 Å². The predicted octanol–water partition coefficient (Wildman–Crippen LogP) is 4.13. The number of carbonyl (C=O) groups is 1. The lowest BCUT2D eigenvalue weighted by molar-refractivity contribution is -0.119. The van der Waals surface area contributed by atoms with Crippen LogP contribution in [0.25, 0.3) is 10.7 Å². The Morgan fingerprint density at radius 3 is 2.76 bits per heavy atom. The van der Waals surface area contributed by atoms with Gasteiger partial charge in [-0.15, -0.1) is 21.5 Å². The first-order chi connectivity index (χ1) is 12.2. The molecular weight excluding hydrogens is 352 g/mol. The lowest BCUT2D eigenvalue weighted by atomic mass is 9.87. The SMILES string of the molecule is CC1CCC(NC(=O)CSc2nnc(-c3cccs3)n2C2CC2)CC1. The molecule has 1 amide bonds. The Labute approximate surface area is 156 Å². The number of nitrogens with zero attached hydrogens (tertiary/aromatic N) is 3. The van der Waals surface area contributed by atoms with Crippen LogP contribution in [-0.4, -0.2) is 32.5 Å². The van der Waals surface area contributed by atoms with Crippen LogP contribution in [0.2, 0.25) is 0 Å². The van der Waals surface area contributed by atoms with E-state index in [0.29, 0.717) is 17.8 Å². The second kappa shape index (κ2) is 7.50. The van der Waals surface area contributed by atoms with Gasteiger partial charge in [0.25, 0.3) is 0 Å². The van der Waals surface area contributed by atoms with Gasteiger partial charge in [-0.25, -0.2) is 0 Å². The summed E-state index contributed by atoms with van der Waals surface area (Å²) in [5, 5.41) is 14.9. The van der Waals surface area contributed by atoms with Crippen molar-refractivity contribution in [2.75, 3.05) is 5.75 Å². The Morgan fingerprint density at radius 1 is 1.28 bits per heavy atom. The van der Waals surface area contributed by atoms with Gasteiger partial charge in [0.15, 0.2) is 11.0 Å². The van der Waals surface area contributed by atoms with E-state index in [9.17, 15) is 4.79 Å². The second-order valence-electron chi connectivity index (χ2n) is 7.20. The van der Waals surface area contributed by atoms with Crippen molar-refractivity contribution in [1.82, 2.24) is 20.1 Å². The number of thioether (sulfide) groups is 1. The lowest BCUT2D eigenvalue weighted by Gasteiger charge is -2.26. The van der Waals surface area contributed by atoms with E-state index in [1.54, 1.807) is 11.3 Å². The summed E-state index contributed by atoms with van der Waals surface area (Å²) in [6.07, 6.45) is 7.01. The Morgan fingerprint density at radius 2 is 2.08 bits per heavy atom. The Hall–Kier alpha value is -1.34. The molecule has 0 bridgehead atoms. The maximum atomic E-state index is 12.3. The molecule has 0 saturated heterocycles. The van der Waals surface area contributed by atoms with Crippen molar-refractivity contribution in [3.05, 3.63) is 17.5 Å². The number of hydrogen-bond acceptors (Lipinski definition) is 5. The number of rotatable bonds is 6. The van der Waals surface area contributed by atoms with Gasteiger partial charge in [-0.1, -0.05) is 24.8 Å². The second-order valence-corrected chi connectivity index (χ2v) is 9.09. The van der Waals surface area contributed by atoms with Gasteiger partial charge in [-0.2, -0.15) is 0 Å². The van der Waals surface area contributed by atoms with Gasteiger partial charge in [-0.3, -0.25) is 9.36 Å². The van der Waals surface area contributed by atoms with Crippen LogP contribution in [0.3, 0.4) is 0 Å². The summed E-state index contributed by atoms with van der Waals surface area (Å²) >= 11 is 3.20. The van der Waals surface area contributed by atoms with E-state index >= 15 is 0 Å². The maximum Gasteiger partial charge on any atom is 0.230 e. The highest BCUT2D eigenvalue weighted by molar-refractivity contribution is 7.99. The molecule has 2 heterocycles. The molecule has 2 fully saturated rings. The molecule has 5 nitrogen and oxygen atoms in total. The molecule has 0 spiro atoms. The highest BCUT2D eigenvalue weighted by Crippen LogP contribution is 2.41. The summed E-state index contributed by atoms with van der Waals surface area (Å²) in [5.41, 5.74) is 0. The summed E-state index contributed by atoms with van der Waals surface area (Å²) in [6.45, 7) is 2.30. The quantitative estimate of drug-likeness (QED) is 0.770. The van der Waals surface area contributed by atoms with Gasteiger partial charge < -0.3 is 5.32 Å². The third kappa shape index (κ3) is 4.08. The molecule has 7 heteroatoms. The molecule has 2 aliphatic rings. The van der Waals surface area contributed by atoms with Gasteiger partial charge in [0, 0.05) is 12.1 Å². The van der Waals surface area contributed by atoms with Crippen molar-refractivity contribution >= 4 is 29.0 Å². The van der Waals surface area contributed by atoms with Gasteiger partial charge in [0.2, 0.25) is 5.91 Å². The van der Waals surface area contributed by atoms with Gasteiger partial charge in [-0.05, 0) is 55.9 Å². The molecule has 4 rings (SSSR count). The minimum absolute atomic E-state index is 0.118. The molecule has 25 heavy (non-hydrogen) atoms. The minimum Gasteiger partial charge on any atom is -0.353 e. The fraction of sp³-hybridized carbons (Fsp3) is 0.611. The number of amides is 1. The molecule has 2 aliphatic carbocycles. The summed E-state index contributed by atoms with van der Waals surface area (Å²) in [7, 11) is 0. The Kier molecular flexibility index (Phi) is 5.12. The van der Waals surface area contributed by atoms with Gasteiger partial charge >= 0.3 is 0 Å². The molecule has 134 valence electrons. The Bertz CT molecular complexity index is 716. The summed E-state index contributed by atoms with van der Waals surface area (Å²) in [6, 6.07) is 4.97. The third-order valence-corrected chi connectivity index (χ3v) is 6.84. The maximum absolute atomic E-state index is 12.3. The highest BCUT2D eigenvalue weighted by Gasteiger charge is 2.30. The normalized spacial score (nSPS) is 23.6. The van der Waals surface area contributed by atoms with Crippen LogP contribution < -0.4 is 5.32 Å². The average Bonchev–Trinajstić information content (AvgIpc) is 3.13. The number of thiophene rings is 1.